The number of hydrogen-bond acceptors (Lipinski definition) is 4. The summed E-state index contributed by atoms with van der Waals surface area (Å²) in [5.74, 6) is 0.146. The van der Waals surface area contributed by atoms with Crippen LogP contribution in [0.4, 0.5) is 10.3 Å². The molecule has 0 fully saturated rings. The highest BCUT2D eigenvalue weighted by Gasteiger charge is 2.41. The van der Waals surface area contributed by atoms with Crippen molar-refractivity contribution in [3.8, 4) is 16.9 Å². The van der Waals surface area contributed by atoms with Crippen LogP contribution < -0.4 is 10.2 Å². The zero-order valence-electron chi connectivity index (χ0n) is 17.1. The molecule has 26 heavy (non-hydrogen) atoms. The Morgan fingerprint density at radius 2 is 1.54 bits per heavy atom. The molecule has 6 heteroatoms. The van der Waals surface area contributed by atoms with E-state index in [0.29, 0.717) is 16.9 Å². The van der Waals surface area contributed by atoms with Gasteiger partial charge in [0.15, 0.2) is 5.82 Å². The van der Waals surface area contributed by atoms with Crippen LogP contribution in [0.5, 0.6) is 5.75 Å². The molecule has 2 N–H and O–H groups in total. The van der Waals surface area contributed by atoms with Gasteiger partial charge in [-0.3, -0.25) is 0 Å². The summed E-state index contributed by atoms with van der Waals surface area (Å²) in [7, 11) is -2.21. The molecule has 0 bridgehead atoms. The number of rotatable bonds is 3. The maximum absolute atomic E-state index is 15.6. The minimum Gasteiger partial charge on any atom is -0.541 e. The van der Waals surface area contributed by atoms with Gasteiger partial charge in [-0.25, -0.2) is 14.4 Å². The molecule has 0 amide bonds. The van der Waals surface area contributed by atoms with Crippen molar-refractivity contribution in [2.45, 2.75) is 65.1 Å². The largest absolute Gasteiger partial charge is 0.541 e. The average molecular weight is 376 g/mol. The van der Waals surface area contributed by atoms with Gasteiger partial charge in [-0.15, -0.1) is 0 Å². The van der Waals surface area contributed by atoms with Crippen LogP contribution in [0.15, 0.2) is 24.5 Å². The first-order chi connectivity index (χ1) is 11.7. The topological polar surface area (TPSA) is 61.0 Å². The summed E-state index contributed by atoms with van der Waals surface area (Å²) < 4.78 is 22.0. The highest BCUT2D eigenvalue weighted by Crippen LogP contribution is 2.43. The van der Waals surface area contributed by atoms with E-state index in [1.165, 1.54) is 12.4 Å². The summed E-state index contributed by atoms with van der Waals surface area (Å²) in [6.45, 7) is 16.9. The van der Waals surface area contributed by atoms with E-state index in [1.54, 1.807) is 6.07 Å². The van der Waals surface area contributed by atoms with Gasteiger partial charge < -0.3 is 10.2 Å². The van der Waals surface area contributed by atoms with E-state index < -0.39 is 8.32 Å². The molecular formula is C20H30FN3OSi. The lowest BCUT2D eigenvalue weighted by Crippen LogP contribution is -2.44. The number of nitrogens with two attached hydrogens (primary N) is 1. The van der Waals surface area contributed by atoms with E-state index in [-0.39, 0.29) is 22.2 Å². The van der Waals surface area contributed by atoms with Crippen molar-refractivity contribution in [1.82, 2.24) is 9.97 Å². The molecule has 1 heterocycles. The molecule has 142 valence electrons. The molecule has 0 saturated heterocycles. The van der Waals surface area contributed by atoms with Crippen molar-refractivity contribution in [3.05, 3.63) is 35.9 Å². The smallest absolute Gasteiger partial charge is 0.250 e. The maximum atomic E-state index is 15.6. The number of nitrogen functional groups attached to an aromatic ring is 1. The second kappa shape index (κ2) is 6.65. The molecule has 1 aromatic heterocycles. The summed E-state index contributed by atoms with van der Waals surface area (Å²) >= 11 is 0. The van der Waals surface area contributed by atoms with Crippen LogP contribution in [-0.2, 0) is 5.41 Å². The van der Waals surface area contributed by atoms with Gasteiger partial charge in [-0.2, -0.15) is 0 Å². The molecule has 2 rings (SSSR count). The summed E-state index contributed by atoms with van der Waals surface area (Å²) in [4.78, 5) is 7.96. The van der Waals surface area contributed by atoms with Crippen LogP contribution in [0.1, 0.15) is 47.1 Å². The van der Waals surface area contributed by atoms with Crippen molar-refractivity contribution in [2.24, 2.45) is 0 Å². The zero-order chi connectivity index (χ0) is 19.9. The fourth-order valence-electron chi connectivity index (χ4n) is 2.35. The summed E-state index contributed by atoms with van der Waals surface area (Å²) in [6.07, 6.45) is 3.07. The fourth-order valence-corrected chi connectivity index (χ4v) is 3.37. The summed E-state index contributed by atoms with van der Waals surface area (Å²) in [5.41, 5.74) is 7.17. The van der Waals surface area contributed by atoms with Crippen LogP contribution in [0.25, 0.3) is 11.1 Å². The van der Waals surface area contributed by atoms with Gasteiger partial charge in [-0.1, -0.05) is 53.7 Å². The minimum absolute atomic E-state index is 0.0328. The molecule has 1 aromatic carbocycles. The van der Waals surface area contributed by atoms with E-state index >= 15 is 4.39 Å². The highest BCUT2D eigenvalue weighted by molar-refractivity contribution is 6.74. The second-order valence-corrected chi connectivity index (χ2v) is 14.0. The molecule has 4 nitrogen and oxygen atoms in total. The van der Waals surface area contributed by atoms with Gasteiger partial charge >= 0.3 is 0 Å². The third-order valence-electron chi connectivity index (χ3n) is 5.05. The standard InChI is InChI=1S/C20H30FN3OSi/c1-19(2,3)15-10-9-14(13-11-23-18(22)24-12-13)16(21)17(15)25-26(7,8)20(4,5)6/h9-12H,1-8H3,(H2,22,23,24). The van der Waals surface area contributed by atoms with Crippen molar-refractivity contribution in [1.29, 1.82) is 0 Å². The second-order valence-electron chi connectivity index (χ2n) is 9.25. The number of nitrogens with zero attached hydrogens (tertiary/aromatic N) is 2. The van der Waals surface area contributed by atoms with Crippen LogP contribution in [0, 0.1) is 5.82 Å². The number of anilines is 1. The molecule has 0 unspecified atom stereocenters. The molecule has 2 aromatic rings. The van der Waals surface area contributed by atoms with Crippen LogP contribution in [0.3, 0.4) is 0 Å². The quantitative estimate of drug-likeness (QED) is 0.715. The van der Waals surface area contributed by atoms with Gasteiger partial charge in [0, 0.05) is 29.1 Å². The monoisotopic (exact) mass is 375 g/mol. The third kappa shape index (κ3) is 4.06. The first-order valence-electron chi connectivity index (χ1n) is 8.84. The van der Waals surface area contributed by atoms with Gasteiger partial charge in [0.05, 0.1) is 0 Å². The number of halogens is 1. The van der Waals surface area contributed by atoms with Crippen LogP contribution in [0.2, 0.25) is 18.1 Å². The summed E-state index contributed by atoms with van der Waals surface area (Å²) in [6, 6.07) is 3.71. The molecule has 0 spiro atoms. The lowest BCUT2D eigenvalue weighted by atomic mass is 9.85. The zero-order valence-corrected chi connectivity index (χ0v) is 18.1. The molecule has 0 aliphatic rings. The molecular weight excluding hydrogens is 345 g/mol. The molecule has 0 aliphatic carbocycles. The number of benzene rings is 1. The van der Waals surface area contributed by atoms with E-state index in [2.05, 4.69) is 64.6 Å². The Balaban J connectivity index is 2.66. The Morgan fingerprint density at radius 1 is 1.00 bits per heavy atom. The summed E-state index contributed by atoms with van der Waals surface area (Å²) in [5, 5.41) is -0.0328. The van der Waals surface area contributed by atoms with E-state index in [1.807, 2.05) is 6.07 Å². The predicted octanol–water partition coefficient (Wildman–Crippen LogP) is 5.55. The Bertz CT molecular complexity index is 790. The highest BCUT2D eigenvalue weighted by atomic mass is 28.4. The van der Waals surface area contributed by atoms with E-state index in [9.17, 15) is 0 Å². The number of hydrogen-bond donors (Lipinski definition) is 1. The fraction of sp³-hybridized carbons (Fsp3) is 0.500. The van der Waals surface area contributed by atoms with E-state index in [0.717, 1.165) is 5.56 Å². The average Bonchev–Trinajstić information content (AvgIpc) is 2.48. The Labute approximate surface area is 157 Å². The van der Waals surface area contributed by atoms with Crippen molar-refractivity contribution in [2.75, 3.05) is 5.73 Å². The lowest BCUT2D eigenvalue weighted by Gasteiger charge is -2.38. The van der Waals surface area contributed by atoms with Crippen molar-refractivity contribution in [3.63, 3.8) is 0 Å². The van der Waals surface area contributed by atoms with Gasteiger partial charge in [-0.05, 0) is 23.5 Å². The first kappa shape index (κ1) is 20.4. The van der Waals surface area contributed by atoms with Crippen LogP contribution in [-0.4, -0.2) is 18.3 Å². The maximum Gasteiger partial charge on any atom is 0.250 e. The van der Waals surface area contributed by atoms with Gasteiger partial charge in [0.2, 0.25) is 5.95 Å². The third-order valence-corrected chi connectivity index (χ3v) is 9.38. The van der Waals surface area contributed by atoms with Gasteiger partial charge in [0.25, 0.3) is 8.32 Å². The van der Waals surface area contributed by atoms with Crippen molar-refractivity contribution < 1.29 is 8.82 Å². The Kier molecular flexibility index (Phi) is 5.21. The normalized spacial score (nSPS) is 13.0. The van der Waals surface area contributed by atoms with Crippen LogP contribution >= 0.6 is 0 Å². The minimum atomic E-state index is -2.21. The van der Waals surface area contributed by atoms with E-state index in [4.69, 9.17) is 10.2 Å². The molecule has 0 aliphatic heterocycles. The molecule has 0 atom stereocenters. The Morgan fingerprint density at radius 3 is 2.00 bits per heavy atom. The SMILES string of the molecule is CC(C)(C)c1ccc(-c2cnc(N)nc2)c(F)c1O[Si](C)(C)C(C)(C)C. The first-order valence-corrected chi connectivity index (χ1v) is 11.7. The lowest BCUT2D eigenvalue weighted by molar-refractivity contribution is 0.437. The van der Waals surface area contributed by atoms with Gasteiger partial charge in [0.1, 0.15) is 5.75 Å². The Hall–Kier alpha value is -1.95. The number of aromatic nitrogens is 2. The molecule has 0 saturated carbocycles. The van der Waals surface area contributed by atoms with Crippen molar-refractivity contribution >= 4 is 14.3 Å². The molecule has 0 radical (unpaired) electrons. The predicted molar refractivity (Wildman–Crippen MR) is 108 cm³/mol.